The third-order valence-corrected chi connectivity index (χ3v) is 8.06. The molecule has 0 amide bonds. The van der Waals surface area contributed by atoms with Crippen LogP contribution >= 0.6 is 0 Å². The van der Waals surface area contributed by atoms with Crippen LogP contribution in [0.2, 0.25) is 0 Å². The molecule has 21 heavy (non-hydrogen) atoms. The molecule has 0 heterocycles. The minimum Gasteiger partial charge on any atom is -0.393 e. The van der Waals surface area contributed by atoms with Crippen LogP contribution in [-0.4, -0.2) is 22.4 Å². The highest BCUT2D eigenvalue weighted by Gasteiger charge is 2.59. The van der Waals surface area contributed by atoms with Gasteiger partial charge in [0.2, 0.25) is 0 Å². The van der Waals surface area contributed by atoms with Gasteiger partial charge in [-0.25, -0.2) is 0 Å². The van der Waals surface area contributed by atoms with E-state index in [0.717, 1.165) is 44.9 Å². The SMILES string of the molecule is [2H]C1([2H])C[C@@H]2C3CC[C@@H]4C[C@H](O)CC[C@@]4(C)[C@@H]3CC[C@@]2(C)[C@]1([2H])O. The first-order chi connectivity index (χ1) is 11.0. The van der Waals surface area contributed by atoms with Crippen molar-refractivity contribution in [2.75, 3.05) is 0 Å². The maximum absolute atomic E-state index is 10.8. The van der Waals surface area contributed by atoms with Gasteiger partial charge in [0, 0.05) is 2.74 Å². The molecule has 4 rings (SSSR count). The lowest BCUT2D eigenvalue weighted by Gasteiger charge is -2.60. The zero-order chi connectivity index (χ0) is 17.5. The van der Waals surface area contributed by atoms with Crippen molar-refractivity contribution < 1.29 is 14.3 Å². The van der Waals surface area contributed by atoms with E-state index in [1.807, 2.05) is 6.92 Å². The van der Waals surface area contributed by atoms with Crippen molar-refractivity contribution in [3.8, 4) is 0 Å². The summed E-state index contributed by atoms with van der Waals surface area (Å²) >= 11 is 0. The lowest BCUT2D eigenvalue weighted by molar-refractivity contribution is -0.133. The van der Waals surface area contributed by atoms with Crippen LogP contribution in [0.3, 0.4) is 0 Å². The van der Waals surface area contributed by atoms with E-state index in [0.29, 0.717) is 24.2 Å². The van der Waals surface area contributed by atoms with Crippen LogP contribution in [0.1, 0.15) is 75.7 Å². The lowest BCUT2D eigenvalue weighted by Crippen LogP contribution is -2.54. The molecule has 0 aromatic rings. The predicted molar refractivity (Wildman–Crippen MR) is 83.7 cm³/mol. The fraction of sp³-hybridized carbons (Fsp3) is 1.00. The van der Waals surface area contributed by atoms with E-state index in [1.165, 1.54) is 0 Å². The van der Waals surface area contributed by atoms with Crippen LogP contribution in [0.25, 0.3) is 0 Å². The van der Waals surface area contributed by atoms with E-state index in [-0.39, 0.29) is 17.4 Å². The van der Waals surface area contributed by atoms with Crippen molar-refractivity contribution in [1.29, 1.82) is 0 Å². The quantitative estimate of drug-likeness (QED) is 0.714. The van der Waals surface area contributed by atoms with Gasteiger partial charge in [0.1, 0.15) is 0 Å². The Labute approximate surface area is 133 Å². The fourth-order valence-corrected chi connectivity index (χ4v) is 6.63. The molecule has 1 unspecified atom stereocenters. The first-order valence-electron chi connectivity index (χ1n) is 10.4. The average molecular weight is 295 g/mol. The topological polar surface area (TPSA) is 40.5 Å². The van der Waals surface area contributed by atoms with Gasteiger partial charge in [-0.3, -0.25) is 0 Å². The summed E-state index contributed by atoms with van der Waals surface area (Å²) in [5, 5.41) is 20.8. The van der Waals surface area contributed by atoms with Crippen LogP contribution in [0.15, 0.2) is 0 Å². The summed E-state index contributed by atoms with van der Waals surface area (Å²) in [6, 6.07) is 0. The van der Waals surface area contributed by atoms with Crippen LogP contribution < -0.4 is 0 Å². The van der Waals surface area contributed by atoms with E-state index >= 15 is 0 Å². The molecular weight excluding hydrogens is 260 g/mol. The lowest BCUT2D eigenvalue weighted by atomic mass is 9.45. The highest BCUT2D eigenvalue weighted by Crippen LogP contribution is 2.66. The smallest absolute Gasteiger partial charge is 0.0606 e. The minimum absolute atomic E-state index is 0.110. The van der Waals surface area contributed by atoms with Crippen molar-refractivity contribution in [1.82, 2.24) is 0 Å². The molecule has 0 aliphatic heterocycles. The Morgan fingerprint density at radius 3 is 2.48 bits per heavy atom. The van der Waals surface area contributed by atoms with Gasteiger partial charge < -0.3 is 10.2 Å². The highest BCUT2D eigenvalue weighted by atomic mass is 16.3. The molecule has 0 saturated heterocycles. The van der Waals surface area contributed by atoms with Crippen molar-refractivity contribution in [2.24, 2.45) is 34.5 Å². The Morgan fingerprint density at radius 1 is 0.952 bits per heavy atom. The third-order valence-electron chi connectivity index (χ3n) is 8.06. The van der Waals surface area contributed by atoms with E-state index in [2.05, 4.69) is 6.92 Å². The van der Waals surface area contributed by atoms with E-state index < -0.39 is 17.9 Å². The molecule has 2 N–H and O–H groups in total. The molecule has 4 aliphatic carbocycles. The molecule has 8 atom stereocenters. The standard InChI is InChI=1S/C19H32O2/c1-18-9-7-13(20)11-12(18)3-4-14-15-5-6-17(21)19(15,2)10-8-16(14)18/h12-17,20-21H,3-11H2,1-2H3/t12-,13-,14?,15-,16-,17-,18-,19-/m1/s1/i6D2,17D. The maximum atomic E-state index is 10.8. The Hall–Kier alpha value is -0.0800. The number of aliphatic hydroxyl groups excluding tert-OH is 1. The Balaban J connectivity index is 1.67. The Morgan fingerprint density at radius 2 is 1.67 bits per heavy atom. The number of hydrogen-bond acceptors (Lipinski definition) is 2. The van der Waals surface area contributed by atoms with Gasteiger partial charge in [0.15, 0.2) is 0 Å². The first kappa shape index (κ1) is 11.5. The molecule has 2 nitrogen and oxygen atoms in total. The molecule has 0 aromatic heterocycles. The second-order valence-corrected chi connectivity index (χ2v) is 8.77. The van der Waals surface area contributed by atoms with Gasteiger partial charge in [-0.05, 0) is 92.2 Å². The van der Waals surface area contributed by atoms with Crippen molar-refractivity contribution in [3.05, 3.63) is 0 Å². The Kier molecular flexibility index (Phi) is 2.57. The minimum atomic E-state index is -1.98. The molecule has 120 valence electrons. The summed E-state index contributed by atoms with van der Waals surface area (Å²) in [6.07, 6.45) is 3.21. The molecule has 0 radical (unpaired) electrons. The van der Waals surface area contributed by atoms with E-state index in [9.17, 15) is 10.2 Å². The molecule has 2 heteroatoms. The zero-order valence-corrected chi connectivity index (χ0v) is 13.4. The van der Waals surface area contributed by atoms with Crippen molar-refractivity contribution in [2.45, 2.75) is 83.8 Å². The molecule has 4 saturated carbocycles. The summed E-state index contributed by atoms with van der Waals surface area (Å²) in [6.45, 7) is 4.37. The van der Waals surface area contributed by atoms with Crippen molar-refractivity contribution in [3.63, 3.8) is 0 Å². The molecule has 4 fully saturated rings. The number of aliphatic hydroxyl groups is 2. The van der Waals surface area contributed by atoms with Crippen LogP contribution in [0.4, 0.5) is 0 Å². The largest absolute Gasteiger partial charge is 0.393 e. The summed E-state index contributed by atoms with van der Waals surface area (Å²) in [5.74, 6) is 1.68. The third kappa shape index (κ3) is 1.91. The molecule has 0 aromatic carbocycles. The van der Waals surface area contributed by atoms with E-state index in [1.54, 1.807) is 0 Å². The van der Waals surface area contributed by atoms with Gasteiger partial charge in [-0.1, -0.05) is 13.8 Å². The summed E-state index contributed by atoms with van der Waals surface area (Å²) in [4.78, 5) is 0. The summed E-state index contributed by atoms with van der Waals surface area (Å²) < 4.78 is 25.0. The van der Waals surface area contributed by atoms with Crippen LogP contribution in [0, 0.1) is 34.5 Å². The van der Waals surface area contributed by atoms with Gasteiger partial charge in [-0.15, -0.1) is 0 Å². The summed E-state index contributed by atoms with van der Waals surface area (Å²) in [5.41, 5.74) is -0.381. The highest BCUT2D eigenvalue weighted by molar-refractivity contribution is 5.09. The summed E-state index contributed by atoms with van der Waals surface area (Å²) in [7, 11) is 0. The van der Waals surface area contributed by atoms with Gasteiger partial charge >= 0.3 is 0 Å². The monoisotopic (exact) mass is 295 g/mol. The number of rotatable bonds is 0. The predicted octanol–water partition coefficient (Wildman–Crippen LogP) is 3.75. The maximum Gasteiger partial charge on any atom is 0.0606 e. The van der Waals surface area contributed by atoms with Gasteiger partial charge in [0.05, 0.1) is 13.6 Å². The van der Waals surface area contributed by atoms with Gasteiger partial charge in [0.25, 0.3) is 0 Å². The molecule has 0 spiro atoms. The Bertz CT molecular complexity index is 537. The first-order valence-corrected chi connectivity index (χ1v) is 8.93. The zero-order valence-electron chi connectivity index (χ0n) is 16.4. The number of fused-ring (bicyclic) bond motifs is 5. The van der Waals surface area contributed by atoms with Gasteiger partial charge in [-0.2, -0.15) is 0 Å². The van der Waals surface area contributed by atoms with Crippen LogP contribution in [-0.2, 0) is 0 Å². The van der Waals surface area contributed by atoms with Crippen molar-refractivity contribution >= 4 is 0 Å². The number of hydrogen-bond donors (Lipinski definition) is 2. The van der Waals surface area contributed by atoms with E-state index in [4.69, 9.17) is 4.11 Å². The second kappa shape index (κ2) is 4.71. The average Bonchev–Trinajstić information content (AvgIpc) is 2.64. The molecule has 4 aliphatic rings. The normalized spacial score (nSPS) is 68.0. The molecule has 0 bridgehead atoms. The second-order valence-electron chi connectivity index (χ2n) is 8.77. The fourth-order valence-electron chi connectivity index (χ4n) is 6.63. The van der Waals surface area contributed by atoms with Crippen LogP contribution in [0.5, 0.6) is 0 Å². The molecular formula is C19H32O2.